The molecule has 0 N–H and O–H groups in total. The molecule has 0 fully saturated rings. The maximum atomic E-state index is 12.0. The van der Waals surface area contributed by atoms with E-state index in [9.17, 15) is 9.18 Å². The first-order valence-electron chi connectivity index (χ1n) is 3.61. The zero-order chi connectivity index (χ0) is 8.97. The maximum absolute atomic E-state index is 12.0. The zero-order valence-electron chi connectivity index (χ0n) is 7.07. The van der Waals surface area contributed by atoms with Gasteiger partial charge in [0.05, 0.1) is 0 Å². The summed E-state index contributed by atoms with van der Waals surface area (Å²) >= 11 is 0. The van der Waals surface area contributed by atoms with Gasteiger partial charge in [-0.3, -0.25) is 9.50 Å². The van der Waals surface area contributed by atoms with Gasteiger partial charge in [-0.05, 0) is 19.1 Å². The smallest absolute Gasteiger partial charge is 0.341 e. The van der Waals surface area contributed by atoms with Crippen molar-refractivity contribution in [3.63, 3.8) is 0 Å². The lowest BCUT2D eigenvalue weighted by molar-refractivity contribution is -0.135. The summed E-state index contributed by atoms with van der Waals surface area (Å²) in [6.45, 7) is 1.37. The quantitative estimate of drug-likeness (QED) is 0.679. The molecule has 1 atom stereocenters. The first-order chi connectivity index (χ1) is 5.70. The molecule has 0 radical (unpaired) electrons. The van der Waals surface area contributed by atoms with Crippen molar-refractivity contribution in [2.24, 2.45) is 0 Å². The van der Waals surface area contributed by atoms with E-state index in [0.717, 1.165) is 0 Å². The monoisotopic (exact) mass is 188 g/mol. The molecule has 72 valence electrons. The highest BCUT2D eigenvalue weighted by Crippen LogP contribution is 2.10. The topological polar surface area (TPSA) is 26.3 Å². The summed E-state index contributed by atoms with van der Waals surface area (Å²) in [5.74, 6) is 0.496. The van der Waals surface area contributed by atoms with Crippen LogP contribution in [0.2, 0.25) is 0 Å². The minimum atomic E-state index is -1.46. The third-order valence-corrected chi connectivity index (χ3v) is 1.38. The summed E-state index contributed by atoms with van der Waals surface area (Å²) in [6.07, 6.45) is -1.02. The molecule has 1 aromatic rings. The predicted molar refractivity (Wildman–Crippen MR) is 45.2 cm³/mol. The van der Waals surface area contributed by atoms with Crippen molar-refractivity contribution in [2.75, 3.05) is 0 Å². The van der Waals surface area contributed by atoms with E-state index >= 15 is 0 Å². The predicted octanol–water partition coefficient (Wildman–Crippen LogP) is 2.10. The van der Waals surface area contributed by atoms with Crippen LogP contribution in [0, 0.1) is 0 Å². The molecule has 0 spiro atoms. The Morgan fingerprint density at radius 1 is 1.38 bits per heavy atom. The van der Waals surface area contributed by atoms with Crippen LogP contribution in [0.3, 0.4) is 0 Å². The number of halogens is 2. The third-order valence-electron chi connectivity index (χ3n) is 1.38. The Bertz CT molecular complexity index is 262. The molecule has 0 aliphatic heterocycles. The van der Waals surface area contributed by atoms with Gasteiger partial charge in [0.1, 0.15) is 5.75 Å². The van der Waals surface area contributed by atoms with Gasteiger partial charge in [0.15, 0.2) is 6.10 Å². The second kappa shape index (κ2) is 5.24. The fraction of sp³-hybridized carbons (Fsp3) is 0.222. The van der Waals surface area contributed by atoms with Crippen LogP contribution in [0.1, 0.15) is 6.92 Å². The number of para-hydroxylation sites is 1. The minimum Gasteiger partial charge on any atom is -0.480 e. The SMILES string of the molecule is CC(Oc1ccccc1)C(=O)F.F. The van der Waals surface area contributed by atoms with E-state index in [4.69, 9.17) is 4.74 Å². The number of rotatable bonds is 3. The normalized spacial score (nSPS) is 11.2. The van der Waals surface area contributed by atoms with Crippen molar-refractivity contribution in [3.8, 4) is 5.75 Å². The Kier molecular flexibility index (Phi) is 4.66. The number of ether oxygens (including phenoxy) is 1. The Morgan fingerprint density at radius 3 is 2.38 bits per heavy atom. The number of hydrogen-bond acceptors (Lipinski definition) is 2. The number of carbonyl (C=O) groups excluding carboxylic acids is 1. The van der Waals surface area contributed by atoms with Crippen LogP contribution in [0.15, 0.2) is 30.3 Å². The molecule has 0 aliphatic rings. The Hall–Kier alpha value is -1.45. The van der Waals surface area contributed by atoms with Crippen LogP contribution in [-0.2, 0) is 4.79 Å². The third kappa shape index (κ3) is 3.64. The van der Waals surface area contributed by atoms with Crippen molar-refractivity contribution < 1.29 is 18.6 Å². The lowest BCUT2D eigenvalue weighted by Crippen LogP contribution is -2.19. The summed E-state index contributed by atoms with van der Waals surface area (Å²) in [5.41, 5.74) is 0. The van der Waals surface area contributed by atoms with Crippen LogP contribution in [-0.4, -0.2) is 12.1 Å². The molecule has 0 heterocycles. The number of hydrogen-bond donors (Lipinski definition) is 0. The van der Waals surface area contributed by atoms with Gasteiger partial charge in [0.2, 0.25) is 0 Å². The summed E-state index contributed by atoms with van der Waals surface area (Å²) in [6, 6.07) is 7.20. The van der Waals surface area contributed by atoms with Crippen LogP contribution < -0.4 is 4.74 Å². The van der Waals surface area contributed by atoms with Crippen LogP contribution in [0.4, 0.5) is 9.09 Å². The first-order valence-corrected chi connectivity index (χ1v) is 3.61. The second-order valence-corrected chi connectivity index (χ2v) is 2.38. The summed E-state index contributed by atoms with van der Waals surface area (Å²) in [5, 5.41) is 0. The molecular formula is C9H10F2O2. The molecule has 1 unspecified atom stereocenters. The highest BCUT2D eigenvalue weighted by molar-refractivity contribution is 5.73. The average molecular weight is 188 g/mol. The first kappa shape index (κ1) is 11.6. The molecule has 0 aliphatic carbocycles. The van der Waals surface area contributed by atoms with Gasteiger partial charge in [-0.15, -0.1) is 0 Å². The largest absolute Gasteiger partial charge is 0.480 e. The highest BCUT2D eigenvalue weighted by Gasteiger charge is 2.12. The van der Waals surface area contributed by atoms with E-state index in [0.29, 0.717) is 5.75 Å². The van der Waals surface area contributed by atoms with Gasteiger partial charge < -0.3 is 4.74 Å². The Labute approximate surface area is 74.7 Å². The maximum Gasteiger partial charge on any atom is 0.341 e. The van der Waals surface area contributed by atoms with E-state index in [-0.39, 0.29) is 4.70 Å². The van der Waals surface area contributed by atoms with Crippen molar-refractivity contribution in [1.29, 1.82) is 0 Å². The van der Waals surface area contributed by atoms with E-state index in [1.54, 1.807) is 24.3 Å². The molecule has 2 nitrogen and oxygen atoms in total. The van der Waals surface area contributed by atoms with Gasteiger partial charge in [-0.1, -0.05) is 18.2 Å². The van der Waals surface area contributed by atoms with Crippen LogP contribution in [0.25, 0.3) is 0 Å². The van der Waals surface area contributed by atoms with Crippen molar-refractivity contribution >= 4 is 6.04 Å². The van der Waals surface area contributed by atoms with Crippen molar-refractivity contribution in [1.82, 2.24) is 0 Å². The van der Waals surface area contributed by atoms with E-state index in [2.05, 4.69) is 0 Å². The molecule has 1 aromatic carbocycles. The average Bonchev–Trinajstić information content (AvgIpc) is 2.06. The zero-order valence-corrected chi connectivity index (χ0v) is 7.07. The molecule has 0 amide bonds. The van der Waals surface area contributed by atoms with E-state index < -0.39 is 12.1 Å². The van der Waals surface area contributed by atoms with Gasteiger partial charge in [0.25, 0.3) is 0 Å². The van der Waals surface area contributed by atoms with Gasteiger partial charge in [0, 0.05) is 0 Å². The highest BCUT2D eigenvalue weighted by atomic mass is 19.1. The summed E-state index contributed by atoms with van der Waals surface area (Å²) in [7, 11) is 0. The molecular weight excluding hydrogens is 178 g/mol. The summed E-state index contributed by atoms with van der Waals surface area (Å²) in [4.78, 5) is 10.2. The molecule has 0 saturated carbocycles. The molecule has 1 rings (SSSR count). The lowest BCUT2D eigenvalue weighted by atomic mass is 10.3. The fourth-order valence-electron chi connectivity index (χ4n) is 0.750. The van der Waals surface area contributed by atoms with Crippen molar-refractivity contribution in [2.45, 2.75) is 13.0 Å². The fourth-order valence-corrected chi connectivity index (χ4v) is 0.750. The number of benzene rings is 1. The van der Waals surface area contributed by atoms with Crippen LogP contribution in [0.5, 0.6) is 5.75 Å². The lowest BCUT2D eigenvalue weighted by Gasteiger charge is -2.08. The molecule has 4 heteroatoms. The van der Waals surface area contributed by atoms with Gasteiger partial charge in [-0.2, -0.15) is 4.39 Å². The molecule has 13 heavy (non-hydrogen) atoms. The van der Waals surface area contributed by atoms with Crippen LogP contribution >= 0.6 is 0 Å². The Morgan fingerprint density at radius 2 is 1.92 bits per heavy atom. The molecule has 0 aromatic heterocycles. The van der Waals surface area contributed by atoms with Crippen molar-refractivity contribution in [3.05, 3.63) is 30.3 Å². The minimum absolute atomic E-state index is 0. The molecule has 0 saturated heterocycles. The van der Waals surface area contributed by atoms with E-state index in [1.807, 2.05) is 6.07 Å². The van der Waals surface area contributed by atoms with Gasteiger partial charge in [-0.25, -0.2) is 0 Å². The Balaban J connectivity index is 0.00000144. The summed E-state index contributed by atoms with van der Waals surface area (Å²) < 4.78 is 17.0. The second-order valence-electron chi connectivity index (χ2n) is 2.38. The van der Waals surface area contributed by atoms with Gasteiger partial charge >= 0.3 is 6.04 Å². The molecule has 0 bridgehead atoms. The standard InChI is InChI=1S/C9H9FO2.FH/c1-7(9(10)11)12-8-5-3-2-4-6-8;/h2-7H,1H3;1H. The number of carbonyl (C=O) groups is 1. The van der Waals surface area contributed by atoms with E-state index in [1.165, 1.54) is 6.92 Å².